The third-order valence-corrected chi connectivity index (χ3v) is 4.94. The predicted molar refractivity (Wildman–Crippen MR) is 101 cm³/mol. The summed E-state index contributed by atoms with van der Waals surface area (Å²) in [6.45, 7) is 5.52. The van der Waals surface area contributed by atoms with E-state index in [2.05, 4.69) is 5.32 Å². The van der Waals surface area contributed by atoms with Gasteiger partial charge in [-0.1, -0.05) is 13.8 Å². The number of furan rings is 1. The Balaban J connectivity index is 1.90. The van der Waals surface area contributed by atoms with Crippen LogP contribution in [0.3, 0.4) is 0 Å². The van der Waals surface area contributed by atoms with Gasteiger partial charge in [-0.3, -0.25) is 9.59 Å². The van der Waals surface area contributed by atoms with Crippen molar-refractivity contribution in [3.05, 3.63) is 40.7 Å². The molecule has 8 heteroatoms. The molecule has 146 valence electrons. The molecule has 2 aromatic rings. The summed E-state index contributed by atoms with van der Waals surface area (Å²) in [6.07, 6.45) is 2.05. The molecule has 1 amide bonds. The first-order chi connectivity index (χ1) is 12.9. The first-order valence-corrected chi connectivity index (χ1v) is 9.51. The van der Waals surface area contributed by atoms with Crippen LogP contribution in [-0.2, 0) is 25.5 Å². The number of amides is 1. The van der Waals surface area contributed by atoms with Crippen LogP contribution in [0.1, 0.15) is 54.1 Å². The summed E-state index contributed by atoms with van der Waals surface area (Å²) in [5, 5.41) is 3.03. The zero-order valence-corrected chi connectivity index (χ0v) is 16.4. The second-order valence-corrected chi connectivity index (χ2v) is 7.14. The van der Waals surface area contributed by atoms with Gasteiger partial charge in [-0.25, -0.2) is 4.79 Å². The molecule has 0 aliphatic rings. The van der Waals surface area contributed by atoms with Crippen LogP contribution in [-0.4, -0.2) is 31.1 Å². The van der Waals surface area contributed by atoms with Gasteiger partial charge in [0.05, 0.1) is 24.9 Å². The van der Waals surface area contributed by atoms with Crippen LogP contribution in [0.2, 0.25) is 0 Å². The fraction of sp³-hybridized carbons (Fsp3) is 0.421. The Morgan fingerprint density at radius 2 is 2.04 bits per heavy atom. The van der Waals surface area contributed by atoms with Gasteiger partial charge in [0, 0.05) is 11.3 Å². The Morgan fingerprint density at radius 3 is 2.67 bits per heavy atom. The van der Waals surface area contributed by atoms with Crippen molar-refractivity contribution < 1.29 is 28.3 Å². The number of ether oxygens (including phenoxy) is 2. The van der Waals surface area contributed by atoms with Crippen LogP contribution in [0.4, 0.5) is 5.00 Å². The maximum atomic E-state index is 12.1. The van der Waals surface area contributed by atoms with Crippen molar-refractivity contribution in [2.45, 2.75) is 39.5 Å². The summed E-state index contributed by atoms with van der Waals surface area (Å²) >= 11 is 1.31. The van der Waals surface area contributed by atoms with Crippen molar-refractivity contribution in [2.75, 3.05) is 18.5 Å². The maximum Gasteiger partial charge on any atom is 0.341 e. The standard InChI is InChI=1S/C19H23NO6S/c1-4-24-19(23)14-10-15(12(2)3)27-18(14)20-16(21)11-26-17(22)8-7-13-6-5-9-25-13/h5-6,9-10,12H,4,7-8,11H2,1-3H3,(H,20,21). The molecule has 27 heavy (non-hydrogen) atoms. The molecule has 0 aliphatic heterocycles. The Kier molecular flexibility index (Phi) is 7.60. The molecule has 0 fully saturated rings. The van der Waals surface area contributed by atoms with E-state index in [1.807, 2.05) is 13.8 Å². The number of anilines is 1. The summed E-state index contributed by atoms with van der Waals surface area (Å²) < 4.78 is 15.1. The molecule has 0 bridgehead atoms. The highest BCUT2D eigenvalue weighted by atomic mass is 32.1. The van der Waals surface area contributed by atoms with E-state index in [0.29, 0.717) is 22.7 Å². The third-order valence-electron chi connectivity index (χ3n) is 3.59. The minimum atomic E-state index is -0.510. The molecular weight excluding hydrogens is 370 g/mol. The van der Waals surface area contributed by atoms with Crippen molar-refractivity contribution in [2.24, 2.45) is 0 Å². The van der Waals surface area contributed by atoms with Gasteiger partial charge in [0.1, 0.15) is 10.8 Å². The van der Waals surface area contributed by atoms with Crippen molar-refractivity contribution in [1.82, 2.24) is 0 Å². The van der Waals surface area contributed by atoms with Crippen LogP contribution >= 0.6 is 11.3 Å². The topological polar surface area (TPSA) is 94.8 Å². The fourth-order valence-corrected chi connectivity index (χ4v) is 3.27. The normalized spacial score (nSPS) is 10.7. The molecule has 0 aromatic carbocycles. The van der Waals surface area contributed by atoms with Gasteiger partial charge in [0.25, 0.3) is 5.91 Å². The molecule has 2 heterocycles. The van der Waals surface area contributed by atoms with Gasteiger partial charge in [-0.2, -0.15) is 0 Å². The first-order valence-electron chi connectivity index (χ1n) is 8.69. The number of thiophene rings is 1. The number of carbonyl (C=O) groups excluding carboxylic acids is 3. The zero-order chi connectivity index (χ0) is 19.8. The summed E-state index contributed by atoms with van der Waals surface area (Å²) in [7, 11) is 0. The summed E-state index contributed by atoms with van der Waals surface area (Å²) in [5.41, 5.74) is 0.308. The Labute approximate surface area is 161 Å². The number of rotatable bonds is 9. The molecule has 0 atom stereocenters. The van der Waals surface area contributed by atoms with Gasteiger partial charge < -0.3 is 19.2 Å². The van der Waals surface area contributed by atoms with E-state index >= 15 is 0 Å². The Hall–Kier alpha value is -2.61. The van der Waals surface area contributed by atoms with E-state index in [0.717, 1.165) is 4.88 Å². The lowest BCUT2D eigenvalue weighted by Gasteiger charge is -2.07. The molecule has 7 nitrogen and oxygen atoms in total. The number of hydrogen-bond donors (Lipinski definition) is 1. The maximum absolute atomic E-state index is 12.1. The lowest BCUT2D eigenvalue weighted by Crippen LogP contribution is -2.21. The van der Waals surface area contributed by atoms with E-state index < -0.39 is 24.5 Å². The molecular formula is C19H23NO6S. The van der Waals surface area contributed by atoms with Gasteiger partial charge in [-0.15, -0.1) is 11.3 Å². The van der Waals surface area contributed by atoms with E-state index in [1.165, 1.54) is 17.6 Å². The number of aryl methyl sites for hydroxylation is 1. The van der Waals surface area contributed by atoms with Crippen LogP contribution in [0.15, 0.2) is 28.9 Å². The number of nitrogens with one attached hydrogen (secondary N) is 1. The van der Waals surface area contributed by atoms with Crippen molar-refractivity contribution >= 4 is 34.2 Å². The summed E-state index contributed by atoms with van der Waals surface area (Å²) in [4.78, 5) is 36.9. The minimum Gasteiger partial charge on any atom is -0.469 e. The second-order valence-electron chi connectivity index (χ2n) is 6.05. The van der Waals surface area contributed by atoms with E-state index in [1.54, 1.807) is 25.1 Å². The average molecular weight is 393 g/mol. The van der Waals surface area contributed by atoms with Crippen LogP contribution in [0.5, 0.6) is 0 Å². The number of hydrogen-bond acceptors (Lipinski definition) is 7. The molecule has 0 radical (unpaired) electrons. The van der Waals surface area contributed by atoms with E-state index in [-0.39, 0.29) is 18.9 Å². The van der Waals surface area contributed by atoms with Crippen molar-refractivity contribution in [3.8, 4) is 0 Å². The van der Waals surface area contributed by atoms with Crippen molar-refractivity contribution in [3.63, 3.8) is 0 Å². The smallest absolute Gasteiger partial charge is 0.341 e. The second kappa shape index (κ2) is 9.91. The first kappa shape index (κ1) is 20.7. The van der Waals surface area contributed by atoms with Gasteiger partial charge in [-0.05, 0) is 31.0 Å². The molecule has 0 unspecified atom stereocenters. The lowest BCUT2D eigenvalue weighted by molar-refractivity contribution is -0.147. The highest BCUT2D eigenvalue weighted by Gasteiger charge is 2.20. The zero-order valence-electron chi connectivity index (χ0n) is 15.6. The van der Waals surface area contributed by atoms with Gasteiger partial charge in [0.15, 0.2) is 6.61 Å². The highest BCUT2D eigenvalue weighted by molar-refractivity contribution is 7.16. The Bertz CT molecular complexity index is 778. The monoisotopic (exact) mass is 393 g/mol. The van der Waals surface area contributed by atoms with Crippen LogP contribution in [0, 0.1) is 0 Å². The molecule has 2 aromatic heterocycles. The largest absolute Gasteiger partial charge is 0.469 e. The quantitative estimate of drug-likeness (QED) is 0.652. The molecule has 0 aliphatic carbocycles. The van der Waals surface area contributed by atoms with E-state index in [4.69, 9.17) is 13.9 Å². The number of carbonyl (C=O) groups is 3. The SMILES string of the molecule is CCOC(=O)c1cc(C(C)C)sc1NC(=O)COC(=O)CCc1ccco1. The van der Waals surface area contributed by atoms with Gasteiger partial charge in [0.2, 0.25) is 0 Å². The lowest BCUT2D eigenvalue weighted by atomic mass is 10.1. The molecule has 0 saturated heterocycles. The van der Waals surface area contributed by atoms with Crippen molar-refractivity contribution in [1.29, 1.82) is 0 Å². The minimum absolute atomic E-state index is 0.116. The number of esters is 2. The summed E-state index contributed by atoms with van der Waals surface area (Å²) in [6, 6.07) is 5.22. The molecule has 1 N–H and O–H groups in total. The molecule has 0 spiro atoms. The predicted octanol–water partition coefficient (Wildman–Crippen LogP) is 3.76. The highest BCUT2D eigenvalue weighted by Crippen LogP contribution is 2.33. The Morgan fingerprint density at radius 1 is 1.26 bits per heavy atom. The molecule has 0 saturated carbocycles. The van der Waals surface area contributed by atoms with Crippen LogP contribution in [0.25, 0.3) is 0 Å². The van der Waals surface area contributed by atoms with Crippen LogP contribution < -0.4 is 5.32 Å². The van der Waals surface area contributed by atoms with E-state index in [9.17, 15) is 14.4 Å². The average Bonchev–Trinajstić information content (AvgIpc) is 3.28. The third kappa shape index (κ3) is 6.25. The molecule has 2 rings (SSSR count). The summed E-state index contributed by atoms with van der Waals surface area (Å²) in [5.74, 6) is -0.625. The van der Waals surface area contributed by atoms with Gasteiger partial charge >= 0.3 is 11.9 Å². The fourth-order valence-electron chi connectivity index (χ4n) is 2.21.